The van der Waals surface area contributed by atoms with E-state index in [-0.39, 0.29) is 11.8 Å². The zero-order valence-corrected chi connectivity index (χ0v) is 16.8. The normalized spacial score (nSPS) is 13.0. The van der Waals surface area contributed by atoms with Gasteiger partial charge in [0.25, 0.3) is 5.91 Å². The summed E-state index contributed by atoms with van der Waals surface area (Å²) in [6.07, 6.45) is 4.46. The Labute approximate surface area is 174 Å². The third-order valence-electron chi connectivity index (χ3n) is 5.04. The number of aromatic amines is 1. The third-order valence-corrected chi connectivity index (χ3v) is 5.04. The summed E-state index contributed by atoms with van der Waals surface area (Å²) in [7, 11) is 1.83. The van der Waals surface area contributed by atoms with Gasteiger partial charge in [-0.2, -0.15) is 10.2 Å². The second-order valence-electron chi connectivity index (χ2n) is 7.21. The number of rotatable bonds is 7. The van der Waals surface area contributed by atoms with Crippen LogP contribution in [0.4, 0.5) is 0 Å². The van der Waals surface area contributed by atoms with Crippen LogP contribution < -0.4 is 10.1 Å². The summed E-state index contributed by atoms with van der Waals surface area (Å²) in [5.41, 5.74) is 3.01. The SMILES string of the molecule is Cn1cc(CNC(=O)c2n[nH]c3c2CCN(C(=O)CCOc2ccccc2)C3)cn1. The van der Waals surface area contributed by atoms with Gasteiger partial charge >= 0.3 is 0 Å². The van der Waals surface area contributed by atoms with Gasteiger partial charge in [0.15, 0.2) is 5.69 Å². The molecule has 2 amide bonds. The Morgan fingerprint density at radius 2 is 2.10 bits per heavy atom. The van der Waals surface area contributed by atoms with Crippen LogP contribution in [0.2, 0.25) is 0 Å². The zero-order valence-electron chi connectivity index (χ0n) is 16.8. The molecule has 0 bridgehead atoms. The standard InChI is InChI=1S/C21H24N6O3/c1-26-13-15(12-23-26)11-22-21(29)20-17-7-9-27(14-18(17)24-25-20)19(28)8-10-30-16-5-3-2-4-6-16/h2-6,12-13H,7-11,14H2,1H3,(H,22,29)(H,24,25). The number of carbonyl (C=O) groups excluding carboxylic acids is 2. The summed E-state index contributed by atoms with van der Waals surface area (Å²) in [6.45, 7) is 1.69. The molecule has 4 rings (SSSR count). The fourth-order valence-corrected chi connectivity index (χ4v) is 3.48. The number of carbonyl (C=O) groups is 2. The van der Waals surface area contributed by atoms with Crippen LogP contribution in [0.25, 0.3) is 0 Å². The number of nitrogens with one attached hydrogen (secondary N) is 2. The van der Waals surface area contributed by atoms with E-state index in [1.165, 1.54) is 0 Å². The smallest absolute Gasteiger partial charge is 0.272 e. The first-order valence-corrected chi connectivity index (χ1v) is 9.87. The number of para-hydroxylation sites is 1. The van der Waals surface area contributed by atoms with Crippen molar-refractivity contribution >= 4 is 11.8 Å². The van der Waals surface area contributed by atoms with Gasteiger partial charge in [0.1, 0.15) is 5.75 Å². The second kappa shape index (κ2) is 8.81. The minimum atomic E-state index is -0.229. The number of H-pyrrole nitrogens is 1. The maximum absolute atomic E-state index is 12.5. The Morgan fingerprint density at radius 3 is 2.87 bits per heavy atom. The quantitative estimate of drug-likeness (QED) is 0.615. The minimum absolute atomic E-state index is 0.0220. The number of nitrogens with zero attached hydrogens (tertiary/aromatic N) is 4. The molecule has 9 nitrogen and oxygen atoms in total. The molecule has 9 heteroatoms. The number of ether oxygens (including phenoxy) is 1. The highest BCUT2D eigenvalue weighted by Crippen LogP contribution is 2.21. The maximum Gasteiger partial charge on any atom is 0.272 e. The van der Waals surface area contributed by atoms with Gasteiger partial charge in [0.2, 0.25) is 5.91 Å². The van der Waals surface area contributed by atoms with Gasteiger partial charge in [-0.05, 0) is 18.6 Å². The van der Waals surface area contributed by atoms with E-state index in [1.807, 2.05) is 43.6 Å². The van der Waals surface area contributed by atoms with Crippen molar-refractivity contribution in [3.8, 4) is 5.75 Å². The van der Waals surface area contributed by atoms with Gasteiger partial charge in [0, 0.05) is 37.5 Å². The summed E-state index contributed by atoms with van der Waals surface area (Å²) in [5, 5.41) is 14.1. The van der Waals surface area contributed by atoms with E-state index in [9.17, 15) is 9.59 Å². The number of hydrogen-bond acceptors (Lipinski definition) is 5. The number of amides is 2. The van der Waals surface area contributed by atoms with Crippen LogP contribution in [0, 0.1) is 0 Å². The summed E-state index contributed by atoms with van der Waals surface area (Å²) in [6, 6.07) is 9.44. The lowest BCUT2D eigenvalue weighted by Gasteiger charge is -2.27. The average molecular weight is 408 g/mol. The lowest BCUT2D eigenvalue weighted by atomic mass is 10.0. The Morgan fingerprint density at radius 1 is 1.27 bits per heavy atom. The molecule has 1 aromatic carbocycles. The first-order valence-electron chi connectivity index (χ1n) is 9.87. The van der Waals surface area contributed by atoms with E-state index >= 15 is 0 Å². The van der Waals surface area contributed by atoms with Crippen LogP contribution in [-0.2, 0) is 31.4 Å². The van der Waals surface area contributed by atoms with E-state index in [1.54, 1.807) is 15.8 Å². The third kappa shape index (κ3) is 4.51. The number of benzene rings is 1. The molecule has 0 saturated carbocycles. The molecule has 156 valence electrons. The molecule has 0 spiro atoms. The van der Waals surface area contributed by atoms with Gasteiger partial charge < -0.3 is 15.0 Å². The van der Waals surface area contributed by atoms with Crippen LogP contribution in [0.15, 0.2) is 42.7 Å². The van der Waals surface area contributed by atoms with E-state index in [0.717, 1.165) is 22.6 Å². The number of fused-ring (bicyclic) bond motifs is 1. The monoisotopic (exact) mass is 408 g/mol. The topological polar surface area (TPSA) is 105 Å². The summed E-state index contributed by atoms with van der Waals surface area (Å²) in [4.78, 5) is 26.8. The van der Waals surface area contributed by atoms with Gasteiger partial charge in [-0.25, -0.2) is 0 Å². The molecule has 0 fully saturated rings. The van der Waals surface area contributed by atoms with Gasteiger partial charge in [-0.1, -0.05) is 18.2 Å². The molecule has 0 saturated heterocycles. The number of aromatic nitrogens is 4. The molecule has 3 heterocycles. The fraction of sp³-hybridized carbons (Fsp3) is 0.333. The predicted molar refractivity (Wildman–Crippen MR) is 109 cm³/mol. The van der Waals surface area contributed by atoms with E-state index in [0.29, 0.717) is 44.8 Å². The van der Waals surface area contributed by atoms with Crippen molar-refractivity contribution in [3.05, 3.63) is 65.2 Å². The average Bonchev–Trinajstić information content (AvgIpc) is 3.38. The van der Waals surface area contributed by atoms with E-state index < -0.39 is 0 Å². The second-order valence-corrected chi connectivity index (χ2v) is 7.21. The van der Waals surface area contributed by atoms with Crippen molar-refractivity contribution in [1.82, 2.24) is 30.2 Å². The Bertz CT molecular complexity index is 1030. The van der Waals surface area contributed by atoms with E-state index in [4.69, 9.17) is 4.74 Å². The molecule has 0 unspecified atom stereocenters. The Balaban J connectivity index is 1.29. The van der Waals surface area contributed by atoms with Crippen molar-refractivity contribution < 1.29 is 14.3 Å². The highest BCUT2D eigenvalue weighted by Gasteiger charge is 2.27. The number of hydrogen-bond donors (Lipinski definition) is 2. The molecular weight excluding hydrogens is 384 g/mol. The molecule has 0 atom stereocenters. The fourth-order valence-electron chi connectivity index (χ4n) is 3.48. The molecule has 2 aromatic heterocycles. The van der Waals surface area contributed by atoms with Gasteiger partial charge in [-0.3, -0.25) is 19.4 Å². The van der Waals surface area contributed by atoms with Gasteiger partial charge in [-0.15, -0.1) is 0 Å². The van der Waals surface area contributed by atoms with Crippen LogP contribution in [0.1, 0.15) is 33.7 Å². The summed E-state index contributed by atoms with van der Waals surface area (Å²) in [5.74, 6) is 0.544. The first-order chi connectivity index (χ1) is 14.6. The van der Waals surface area contributed by atoms with Crippen LogP contribution >= 0.6 is 0 Å². The van der Waals surface area contributed by atoms with Crippen molar-refractivity contribution in [1.29, 1.82) is 0 Å². The van der Waals surface area contributed by atoms with Crippen molar-refractivity contribution in [2.24, 2.45) is 7.05 Å². The van der Waals surface area contributed by atoms with Crippen LogP contribution in [0.3, 0.4) is 0 Å². The van der Waals surface area contributed by atoms with E-state index in [2.05, 4.69) is 20.6 Å². The Kier molecular flexibility index (Phi) is 5.78. The summed E-state index contributed by atoms with van der Waals surface area (Å²) < 4.78 is 7.30. The maximum atomic E-state index is 12.5. The summed E-state index contributed by atoms with van der Waals surface area (Å²) >= 11 is 0. The molecule has 2 N–H and O–H groups in total. The lowest BCUT2D eigenvalue weighted by Crippen LogP contribution is -2.37. The predicted octanol–water partition coefficient (Wildman–Crippen LogP) is 1.43. The highest BCUT2D eigenvalue weighted by molar-refractivity contribution is 5.94. The Hall–Kier alpha value is -3.62. The van der Waals surface area contributed by atoms with Crippen LogP contribution in [0.5, 0.6) is 5.75 Å². The van der Waals surface area contributed by atoms with Crippen molar-refractivity contribution in [2.45, 2.75) is 25.9 Å². The molecule has 30 heavy (non-hydrogen) atoms. The molecule has 1 aliphatic heterocycles. The van der Waals surface area contributed by atoms with Crippen molar-refractivity contribution in [2.75, 3.05) is 13.2 Å². The van der Waals surface area contributed by atoms with Crippen LogP contribution in [-0.4, -0.2) is 49.8 Å². The first kappa shape index (κ1) is 19.7. The highest BCUT2D eigenvalue weighted by atomic mass is 16.5. The largest absolute Gasteiger partial charge is 0.493 e. The molecule has 0 aliphatic carbocycles. The molecule has 1 aliphatic rings. The molecule has 3 aromatic rings. The molecular formula is C21H24N6O3. The number of aryl methyl sites for hydroxylation is 1. The minimum Gasteiger partial charge on any atom is -0.493 e. The lowest BCUT2D eigenvalue weighted by molar-refractivity contribution is -0.132. The van der Waals surface area contributed by atoms with Crippen molar-refractivity contribution in [3.63, 3.8) is 0 Å². The zero-order chi connectivity index (χ0) is 20.9. The van der Waals surface area contributed by atoms with Gasteiger partial charge in [0.05, 0.1) is 31.5 Å². The molecule has 0 radical (unpaired) electrons.